The Morgan fingerprint density at radius 2 is 1.96 bits per heavy atom. The summed E-state index contributed by atoms with van der Waals surface area (Å²) in [5, 5.41) is 31.6. The third-order valence-electron chi connectivity index (χ3n) is 3.48. The Morgan fingerprint density at radius 1 is 1.26 bits per heavy atom. The van der Waals surface area contributed by atoms with Gasteiger partial charge in [-0.15, -0.1) is 0 Å². The van der Waals surface area contributed by atoms with Crippen LogP contribution in [0, 0.1) is 0 Å². The molecule has 5 unspecified atom stereocenters. The van der Waals surface area contributed by atoms with E-state index in [2.05, 4.69) is 5.32 Å². The molecule has 1 heterocycles. The number of aliphatic hydroxyl groups is 3. The molecule has 1 amide bonds. The first kappa shape index (κ1) is 17.8. The van der Waals surface area contributed by atoms with Crippen molar-refractivity contribution in [3.63, 3.8) is 0 Å². The Hall–Kier alpha value is -1.55. The zero-order chi connectivity index (χ0) is 16.8. The Bertz CT molecular complexity index is 498. The maximum Gasteiger partial charge on any atom is 0.217 e. The van der Waals surface area contributed by atoms with Crippen molar-refractivity contribution in [3.05, 3.63) is 35.9 Å². The molecule has 1 aliphatic rings. The smallest absolute Gasteiger partial charge is 0.217 e. The lowest BCUT2D eigenvalue weighted by atomic mass is 9.97. The first-order valence-electron chi connectivity index (χ1n) is 7.24. The number of rotatable bonds is 6. The van der Waals surface area contributed by atoms with Crippen LogP contribution >= 0.6 is 0 Å². The molecule has 1 saturated heterocycles. The Balaban J connectivity index is 1.98. The topological polar surface area (TPSA) is 117 Å². The van der Waals surface area contributed by atoms with Crippen molar-refractivity contribution < 1.29 is 34.6 Å². The molecule has 8 nitrogen and oxygen atoms in total. The van der Waals surface area contributed by atoms with Gasteiger partial charge in [0.25, 0.3) is 0 Å². The molecule has 23 heavy (non-hydrogen) atoms. The highest BCUT2D eigenvalue weighted by Crippen LogP contribution is 2.22. The van der Waals surface area contributed by atoms with E-state index in [0.29, 0.717) is 0 Å². The van der Waals surface area contributed by atoms with Crippen LogP contribution in [0.2, 0.25) is 0 Å². The molecule has 0 aliphatic carbocycles. The lowest BCUT2D eigenvalue weighted by molar-refractivity contribution is -0.416. The van der Waals surface area contributed by atoms with Crippen LogP contribution in [0.5, 0.6) is 0 Å². The number of carbonyl (C=O) groups excluding carboxylic acids is 1. The van der Waals surface area contributed by atoms with Crippen LogP contribution in [0.3, 0.4) is 0 Å². The minimum absolute atomic E-state index is 0.135. The number of amides is 1. The average Bonchev–Trinajstić information content (AvgIpc) is 2.54. The van der Waals surface area contributed by atoms with Gasteiger partial charge < -0.3 is 25.4 Å². The predicted molar refractivity (Wildman–Crippen MR) is 77.7 cm³/mol. The quantitative estimate of drug-likeness (QED) is 0.394. The SMILES string of the molecule is CC(=O)NC1C(OOCc2ccccc2)OC(CO)C(O)C1O. The molecule has 0 spiro atoms. The summed E-state index contributed by atoms with van der Waals surface area (Å²) in [7, 11) is 0. The van der Waals surface area contributed by atoms with Gasteiger partial charge in [-0.3, -0.25) is 4.79 Å². The number of nitrogens with one attached hydrogen (secondary N) is 1. The van der Waals surface area contributed by atoms with E-state index in [0.717, 1.165) is 5.56 Å². The van der Waals surface area contributed by atoms with Gasteiger partial charge in [0, 0.05) is 6.92 Å². The maximum atomic E-state index is 11.3. The van der Waals surface area contributed by atoms with E-state index in [1.807, 2.05) is 30.3 Å². The molecule has 128 valence electrons. The fourth-order valence-corrected chi connectivity index (χ4v) is 2.30. The van der Waals surface area contributed by atoms with Crippen LogP contribution in [0.15, 0.2) is 30.3 Å². The molecule has 4 N–H and O–H groups in total. The second-order valence-corrected chi connectivity index (χ2v) is 5.28. The van der Waals surface area contributed by atoms with Crippen molar-refractivity contribution >= 4 is 5.91 Å². The predicted octanol–water partition coefficient (Wildman–Crippen LogP) is -0.921. The number of hydrogen-bond donors (Lipinski definition) is 4. The van der Waals surface area contributed by atoms with E-state index in [1.165, 1.54) is 6.92 Å². The third kappa shape index (κ3) is 4.71. The van der Waals surface area contributed by atoms with Gasteiger partial charge in [0.15, 0.2) is 0 Å². The fraction of sp³-hybridized carbons (Fsp3) is 0.533. The maximum absolute atomic E-state index is 11.3. The first-order valence-corrected chi connectivity index (χ1v) is 7.24. The largest absolute Gasteiger partial charge is 0.394 e. The van der Waals surface area contributed by atoms with E-state index in [4.69, 9.17) is 14.5 Å². The number of hydrogen-bond acceptors (Lipinski definition) is 7. The summed E-state index contributed by atoms with van der Waals surface area (Å²) < 4.78 is 5.35. The Kier molecular flexibility index (Phi) is 6.46. The highest BCUT2D eigenvalue weighted by molar-refractivity contribution is 5.73. The molecule has 0 bridgehead atoms. The second kappa shape index (κ2) is 8.34. The summed E-state index contributed by atoms with van der Waals surface area (Å²) in [6.45, 7) is 0.888. The molecule has 1 fully saturated rings. The molecule has 8 heteroatoms. The lowest BCUT2D eigenvalue weighted by Gasteiger charge is -2.41. The van der Waals surface area contributed by atoms with Crippen molar-refractivity contribution in [2.75, 3.05) is 6.61 Å². The summed E-state index contributed by atoms with van der Waals surface area (Å²) in [4.78, 5) is 21.5. The van der Waals surface area contributed by atoms with E-state index >= 15 is 0 Å². The van der Waals surface area contributed by atoms with Crippen LogP contribution in [0.1, 0.15) is 12.5 Å². The van der Waals surface area contributed by atoms with Crippen molar-refractivity contribution in [1.82, 2.24) is 5.32 Å². The van der Waals surface area contributed by atoms with Gasteiger partial charge >= 0.3 is 0 Å². The number of carbonyl (C=O) groups is 1. The van der Waals surface area contributed by atoms with Crippen molar-refractivity contribution in [1.29, 1.82) is 0 Å². The van der Waals surface area contributed by atoms with Gasteiger partial charge in [-0.25, -0.2) is 9.78 Å². The van der Waals surface area contributed by atoms with E-state index in [9.17, 15) is 20.1 Å². The molecule has 1 aromatic rings. The molecule has 0 aromatic heterocycles. The van der Waals surface area contributed by atoms with Gasteiger partial charge in [-0.2, -0.15) is 0 Å². The highest BCUT2D eigenvalue weighted by Gasteiger charge is 2.46. The molecular weight excluding hydrogens is 306 g/mol. The number of benzene rings is 1. The standard InChI is InChI=1S/C15H21NO7/c1-9(18)16-12-14(20)13(19)11(7-17)22-15(12)23-21-8-10-5-3-2-4-6-10/h2-6,11-15,17,19-20H,7-8H2,1H3,(H,16,18). The zero-order valence-corrected chi connectivity index (χ0v) is 12.7. The van der Waals surface area contributed by atoms with E-state index in [-0.39, 0.29) is 6.61 Å². The fourth-order valence-electron chi connectivity index (χ4n) is 2.30. The van der Waals surface area contributed by atoms with Gasteiger partial charge in [0.05, 0.1) is 6.61 Å². The highest BCUT2D eigenvalue weighted by atomic mass is 17.2. The summed E-state index contributed by atoms with van der Waals surface area (Å²) >= 11 is 0. The third-order valence-corrected chi connectivity index (χ3v) is 3.48. The van der Waals surface area contributed by atoms with Crippen LogP contribution in [-0.2, 0) is 25.9 Å². The van der Waals surface area contributed by atoms with Crippen molar-refractivity contribution in [2.24, 2.45) is 0 Å². The minimum Gasteiger partial charge on any atom is -0.394 e. The average molecular weight is 327 g/mol. The molecule has 2 rings (SSSR count). The van der Waals surface area contributed by atoms with Crippen LogP contribution in [0.4, 0.5) is 0 Å². The molecule has 0 radical (unpaired) electrons. The Labute approximate surface area is 133 Å². The monoisotopic (exact) mass is 327 g/mol. The minimum atomic E-state index is -1.37. The summed E-state index contributed by atoms with van der Waals surface area (Å²) in [5.74, 6) is -0.427. The zero-order valence-electron chi connectivity index (χ0n) is 12.7. The summed E-state index contributed by atoms with van der Waals surface area (Å²) in [6.07, 6.45) is -4.93. The normalized spacial score (nSPS) is 30.9. The van der Waals surface area contributed by atoms with Crippen molar-refractivity contribution in [2.45, 2.75) is 44.2 Å². The lowest BCUT2D eigenvalue weighted by Crippen LogP contribution is -2.64. The Morgan fingerprint density at radius 3 is 2.57 bits per heavy atom. The van der Waals surface area contributed by atoms with Crippen LogP contribution in [-0.4, -0.2) is 58.5 Å². The molecule has 5 atom stereocenters. The van der Waals surface area contributed by atoms with E-state index in [1.54, 1.807) is 0 Å². The first-order chi connectivity index (χ1) is 11.0. The molecule has 0 saturated carbocycles. The summed E-state index contributed by atoms with van der Waals surface area (Å²) in [6, 6.07) is 8.21. The van der Waals surface area contributed by atoms with Gasteiger partial charge in [0.2, 0.25) is 12.2 Å². The van der Waals surface area contributed by atoms with Crippen LogP contribution in [0.25, 0.3) is 0 Å². The molecular formula is C15H21NO7. The second-order valence-electron chi connectivity index (χ2n) is 5.28. The number of aliphatic hydroxyl groups excluding tert-OH is 3. The van der Waals surface area contributed by atoms with Gasteiger partial charge in [0.1, 0.15) is 31.0 Å². The van der Waals surface area contributed by atoms with Gasteiger partial charge in [-0.1, -0.05) is 30.3 Å². The van der Waals surface area contributed by atoms with Gasteiger partial charge in [-0.05, 0) is 5.56 Å². The molecule has 1 aromatic carbocycles. The van der Waals surface area contributed by atoms with Crippen LogP contribution < -0.4 is 5.32 Å². The molecule has 1 aliphatic heterocycles. The summed E-state index contributed by atoms with van der Waals surface area (Å²) in [5.41, 5.74) is 0.860. The van der Waals surface area contributed by atoms with E-state index < -0.39 is 43.2 Å². The van der Waals surface area contributed by atoms with Crippen molar-refractivity contribution in [3.8, 4) is 0 Å². The number of ether oxygens (including phenoxy) is 1.